The van der Waals surface area contributed by atoms with E-state index in [-0.39, 0.29) is 24.5 Å². The van der Waals surface area contributed by atoms with E-state index in [0.29, 0.717) is 29.6 Å². The number of rotatable bonds is 5. The summed E-state index contributed by atoms with van der Waals surface area (Å²) in [5, 5.41) is 3.24. The van der Waals surface area contributed by atoms with E-state index in [9.17, 15) is 9.59 Å². The van der Waals surface area contributed by atoms with Crippen molar-refractivity contribution in [2.45, 2.75) is 25.9 Å². The predicted octanol–water partition coefficient (Wildman–Crippen LogP) is 3.63. The van der Waals surface area contributed by atoms with Gasteiger partial charge in [-0.1, -0.05) is 49.7 Å². The molecule has 0 radical (unpaired) electrons. The molecule has 2 aromatic carbocycles. The molecule has 0 spiro atoms. The summed E-state index contributed by atoms with van der Waals surface area (Å²) in [6.07, 6.45) is -0.279. The largest absolute Gasteiger partial charge is 0.365 e. The third-order valence-electron chi connectivity index (χ3n) is 4.61. The second-order valence-electron chi connectivity index (χ2n) is 6.87. The average molecular weight is 387 g/mol. The number of ether oxygens (including phenoxy) is 1. The maximum Gasteiger partial charge on any atom is 0.253 e. The number of hydrogen-bond donors (Lipinski definition) is 1. The Morgan fingerprint density at radius 2 is 1.93 bits per heavy atom. The number of hydrogen-bond acceptors (Lipinski definition) is 3. The number of carbonyl (C=O) groups is 2. The fourth-order valence-corrected chi connectivity index (χ4v) is 3.21. The molecule has 5 nitrogen and oxygen atoms in total. The molecule has 1 unspecified atom stereocenters. The molecule has 3 rings (SSSR count). The van der Waals surface area contributed by atoms with E-state index in [0.717, 1.165) is 5.69 Å². The van der Waals surface area contributed by atoms with Gasteiger partial charge in [-0.05, 0) is 35.7 Å². The van der Waals surface area contributed by atoms with E-state index < -0.39 is 0 Å². The molecule has 0 bridgehead atoms. The normalized spacial score (nSPS) is 17.3. The number of morpholine rings is 1. The van der Waals surface area contributed by atoms with Crippen molar-refractivity contribution in [2.24, 2.45) is 0 Å². The Morgan fingerprint density at radius 3 is 2.59 bits per heavy atom. The second kappa shape index (κ2) is 8.55. The number of benzene rings is 2. The van der Waals surface area contributed by atoms with Gasteiger partial charge in [0.15, 0.2) is 0 Å². The van der Waals surface area contributed by atoms with Gasteiger partial charge in [-0.2, -0.15) is 0 Å². The molecule has 0 saturated carbocycles. The molecule has 142 valence electrons. The summed E-state index contributed by atoms with van der Waals surface area (Å²) in [5.41, 5.74) is 2.49. The number of nitrogens with zero attached hydrogens (tertiary/aromatic N) is 1. The Hall–Kier alpha value is -2.37. The standard InChI is InChI=1S/C21H23ClN2O3/c1-14(2)15-7-9-16(10-8-15)24-12-17(27-13-20(24)25)11-23-21(26)18-5-3-4-6-19(18)22/h3-10,14,17H,11-13H2,1-2H3,(H,23,26). The Kier molecular flexibility index (Phi) is 6.14. The molecule has 6 heteroatoms. The summed E-state index contributed by atoms with van der Waals surface area (Å²) in [7, 11) is 0. The number of nitrogens with one attached hydrogen (secondary N) is 1. The van der Waals surface area contributed by atoms with Crippen LogP contribution in [0.4, 0.5) is 5.69 Å². The lowest BCUT2D eigenvalue weighted by molar-refractivity contribution is -0.129. The van der Waals surface area contributed by atoms with Crippen LogP contribution in [0.5, 0.6) is 0 Å². The quantitative estimate of drug-likeness (QED) is 0.853. The van der Waals surface area contributed by atoms with Gasteiger partial charge in [0.2, 0.25) is 0 Å². The van der Waals surface area contributed by atoms with Crippen LogP contribution in [0.25, 0.3) is 0 Å². The first-order chi connectivity index (χ1) is 13.0. The van der Waals surface area contributed by atoms with Gasteiger partial charge in [-0.25, -0.2) is 0 Å². The lowest BCUT2D eigenvalue weighted by Gasteiger charge is -2.33. The van der Waals surface area contributed by atoms with E-state index >= 15 is 0 Å². The molecular formula is C21H23ClN2O3. The number of carbonyl (C=O) groups excluding carboxylic acids is 2. The van der Waals surface area contributed by atoms with Crippen molar-refractivity contribution in [3.8, 4) is 0 Å². The molecule has 1 atom stereocenters. The van der Waals surface area contributed by atoms with Crippen LogP contribution in [-0.2, 0) is 9.53 Å². The van der Waals surface area contributed by atoms with Crippen molar-refractivity contribution in [3.63, 3.8) is 0 Å². The number of anilines is 1. The van der Waals surface area contributed by atoms with Crippen LogP contribution < -0.4 is 10.2 Å². The van der Waals surface area contributed by atoms with E-state index in [1.165, 1.54) is 5.56 Å². The Balaban J connectivity index is 1.62. The highest BCUT2D eigenvalue weighted by molar-refractivity contribution is 6.33. The zero-order valence-corrected chi connectivity index (χ0v) is 16.2. The zero-order chi connectivity index (χ0) is 19.4. The first-order valence-corrected chi connectivity index (χ1v) is 9.38. The number of amides is 2. The highest BCUT2D eigenvalue weighted by atomic mass is 35.5. The summed E-state index contributed by atoms with van der Waals surface area (Å²) in [5.74, 6) is 0.0992. The van der Waals surface area contributed by atoms with Gasteiger partial charge in [-0.3, -0.25) is 9.59 Å². The van der Waals surface area contributed by atoms with Crippen LogP contribution >= 0.6 is 11.6 Å². The third kappa shape index (κ3) is 4.67. The molecule has 1 aliphatic heterocycles. The topological polar surface area (TPSA) is 58.6 Å². The summed E-state index contributed by atoms with van der Waals surface area (Å²) < 4.78 is 5.58. The van der Waals surface area contributed by atoms with Gasteiger partial charge in [0.05, 0.1) is 23.2 Å². The minimum absolute atomic E-state index is 0.00143. The summed E-state index contributed by atoms with van der Waals surface area (Å²) in [4.78, 5) is 26.3. The highest BCUT2D eigenvalue weighted by Gasteiger charge is 2.28. The van der Waals surface area contributed by atoms with Crippen molar-refractivity contribution in [1.29, 1.82) is 0 Å². The Morgan fingerprint density at radius 1 is 1.22 bits per heavy atom. The molecule has 2 amide bonds. The van der Waals surface area contributed by atoms with Gasteiger partial charge in [-0.15, -0.1) is 0 Å². The molecule has 0 aliphatic carbocycles. The van der Waals surface area contributed by atoms with Gasteiger partial charge in [0.25, 0.3) is 11.8 Å². The van der Waals surface area contributed by atoms with Gasteiger partial charge in [0.1, 0.15) is 6.61 Å². The van der Waals surface area contributed by atoms with Crippen molar-refractivity contribution in [2.75, 3.05) is 24.6 Å². The molecular weight excluding hydrogens is 364 g/mol. The molecule has 1 heterocycles. The zero-order valence-electron chi connectivity index (χ0n) is 15.4. The van der Waals surface area contributed by atoms with E-state index in [4.69, 9.17) is 16.3 Å². The summed E-state index contributed by atoms with van der Waals surface area (Å²) >= 11 is 6.05. The van der Waals surface area contributed by atoms with Crippen molar-refractivity contribution < 1.29 is 14.3 Å². The van der Waals surface area contributed by atoms with E-state index in [1.54, 1.807) is 29.2 Å². The van der Waals surface area contributed by atoms with Crippen LogP contribution in [0.15, 0.2) is 48.5 Å². The molecule has 1 saturated heterocycles. The Bertz CT molecular complexity index is 820. The van der Waals surface area contributed by atoms with Crippen LogP contribution in [0, 0.1) is 0 Å². The smallest absolute Gasteiger partial charge is 0.253 e. The fourth-order valence-electron chi connectivity index (χ4n) is 2.98. The minimum Gasteiger partial charge on any atom is -0.365 e. The second-order valence-corrected chi connectivity index (χ2v) is 7.28. The van der Waals surface area contributed by atoms with Crippen LogP contribution in [0.1, 0.15) is 35.7 Å². The van der Waals surface area contributed by atoms with Crippen molar-refractivity contribution in [1.82, 2.24) is 5.32 Å². The molecule has 1 fully saturated rings. The van der Waals surface area contributed by atoms with Crippen molar-refractivity contribution >= 4 is 29.1 Å². The maximum absolute atomic E-state index is 12.3. The molecule has 2 aromatic rings. The van der Waals surface area contributed by atoms with Crippen LogP contribution in [0.2, 0.25) is 5.02 Å². The Labute approximate surface area is 164 Å². The van der Waals surface area contributed by atoms with Gasteiger partial charge < -0.3 is 15.0 Å². The maximum atomic E-state index is 12.3. The van der Waals surface area contributed by atoms with Crippen LogP contribution in [-0.4, -0.2) is 37.6 Å². The monoisotopic (exact) mass is 386 g/mol. The molecule has 0 aromatic heterocycles. The molecule has 1 aliphatic rings. The van der Waals surface area contributed by atoms with Crippen molar-refractivity contribution in [3.05, 3.63) is 64.7 Å². The SMILES string of the molecule is CC(C)c1ccc(N2CC(CNC(=O)c3ccccc3Cl)OCC2=O)cc1. The summed E-state index contributed by atoms with van der Waals surface area (Å²) in [6.45, 7) is 4.96. The lowest BCUT2D eigenvalue weighted by atomic mass is 10.0. The highest BCUT2D eigenvalue weighted by Crippen LogP contribution is 2.22. The lowest BCUT2D eigenvalue weighted by Crippen LogP contribution is -2.50. The number of halogens is 1. The van der Waals surface area contributed by atoms with E-state index in [2.05, 4.69) is 19.2 Å². The summed E-state index contributed by atoms with van der Waals surface area (Å²) in [6, 6.07) is 14.9. The third-order valence-corrected chi connectivity index (χ3v) is 4.94. The van der Waals surface area contributed by atoms with E-state index in [1.807, 2.05) is 24.3 Å². The first-order valence-electron chi connectivity index (χ1n) is 9.00. The predicted molar refractivity (Wildman–Crippen MR) is 106 cm³/mol. The minimum atomic E-state index is -0.279. The fraction of sp³-hybridized carbons (Fsp3) is 0.333. The van der Waals surface area contributed by atoms with Crippen LogP contribution in [0.3, 0.4) is 0 Å². The van der Waals surface area contributed by atoms with Gasteiger partial charge >= 0.3 is 0 Å². The molecule has 27 heavy (non-hydrogen) atoms. The average Bonchev–Trinajstić information content (AvgIpc) is 2.67. The van der Waals surface area contributed by atoms with Gasteiger partial charge in [0, 0.05) is 12.2 Å². The first kappa shape index (κ1) is 19.4. The molecule has 1 N–H and O–H groups in total.